The van der Waals surface area contributed by atoms with Gasteiger partial charge >= 0.3 is 0 Å². The van der Waals surface area contributed by atoms with Crippen LogP contribution in [0.4, 0.5) is 20.3 Å². The molecule has 5 N–H and O–H groups in total. The third-order valence-electron chi connectivity index (χ3n) is 7.16. The number of pyridine rings is 1. The van der Waals surface area contributed by atoms with Gasteiger partial charge in [0.05, 0.1) is 21.5 Å². The van der Waals surface area contributed by atoms with E-state index in [-0.39, 0.29) is 40.0 Å². The highest BCUT2D eigenvalue weighted by Crippen LogP contribution is 2.42. The number of nitrogens with two attached hydrogens (primary N) is 2. The van der Waals surface area contributed by atoms with Gasteiger partial charge in [0.1, 0.15) is 23.1 Å². The molecular weight excluding hydrogens is 546 g/mol. The average Bonchev–Trinajstić information content (AvgIpc) is 3.29. The number of nitrogens with zero attached hydrogens (tertiary/aromatic N) is 3. The van der Waals surface area contributed by atoms with Crippen LogP contribution in [0.2, 0.25) is 5.02 Å². The van der Waals surface area contributed by atoms with Gasteiger partial charge in [0.25, 0.3) is 10.0 Å². The molecule has 2 aromatic heterocycles. The maximum Gasteiger partial charge on any atom is 0.261 e. The molecule has 39 heavy (non-hydrogen) atoms. The second kappa shape index (κ2) is 10.4. The summed E-state index contributed by atoms with van der Waals surface area (Å²) in [4.78, 5) is 4.25. The van der Waals surface area contributed by atoms with Crippen molar-refractivity contribution in [3.05, 3.63) is 64.8 Å². The van der Waals surface area contributed by atoms with Gasteiger partial charge in [0.15, 0.2) is 0 Å². The monoisotopic (exact) mass is 574 g/mol. The summed E-state index contributed by atoms with van der Waals surface area (Å²) in [7, 11) is -4.19. The van der Waals surface area contributed by atoms with Crippen LogP contribution in [0, 0.1) is 11.6 Å². The zero-order chi connectivity index (χ0) is 28.1. The van der Waals surface area contributed by atoms with Gasteiger partial charge in [-0.3, -0.25) is 9.40 Å². The van der Waals surface area contributed by atoms with Gasteiger partial charge in [-0.15, -0.1) is 0 Å². The standard InChI is InChI=1S/C27H29ClF2N6O2S/c1-14(2)36-26-20(15-3-7-17(31)8-4-15)13-33-27(32)24(26)25(34-36)19-11-22(30)23(12-21(19)29)35-39(37,38)18-9-5-16(28)6-10-18/h5-6,9-15,17,35H,3-4,7-8,31H2,1-2H3,(H2,32,33). The summed E-state index contributed by atoms with van der Waals surface area (Å²) in [6.45, 7) is 3.89. The predicted octanol–water partition coefficient (Wildman–Crippen LogP) is 5.98. The summed E-state index contributed by atoms with van der Waals surface area (Å²) < 4.78 is 60.2. The molecule has 0 atom stereocenters. The molecule has 206 valence electrons. The van der Waals surface area contributed by atoms with Gasteiger partial charge in [0.2, 0.25) is 0 Å². The summed E-state index contributed by atoms with van der Waals surface area (Å²) in [6.07, 6.45) is 5.27. The Morgan fingerprint density at radius 2 is 1.74 bits per heavy atom. The Morgan fingerprint density at radius 1 is 1.08 bits per heavy atom. The number of nitrogens with one attached hydrogen (secondary N) is 1. The topological polar surface area (TPSA) is 129 Å². The fraction of sp³-hybridized carbons (Fsp3) is 0.333. The third kappa shape index (κ3) is 5.18. The lowest BCUT2D eigenvalue weighted by atomic mass is 9.82. The highest BCUT2D eigenvalue weighted by atomic mass is 35.5. The van der Waals surface area contributed by atoms with Crippen LogP contribution in [-0.4, -0.2) is 29.2 Å². The van der Waals surface area contributed by atoms with Crippen molar-refractivity contribution in [3.63, 3.8) is 0 Å². The number of benzene rings is 2. The zero-order valence-corrected chi connectivity index (χ0v) is 23.0. The van der Waals surface area contributed by atoms with Crippen LogP contribution < -0.4 is 16.2 Å². The number of hydrogen-bond donors (Lipinski definition) is 3. The van der Waals surface area contributed by atoms with Crippen molar-refractivity contribution in [1.82, 2.24) is 14.8 Å². The molecule has 8 nitrogen and oxygen atoms in total. The van der Waals surface area contributed by atoms with Crippen LogP contribution in [0.15, 0.2) is 47.5 Å². The Labute approximate surface area is 230 Å². The average molecular weight is 575 g/mol. The van der Waals surface area contributed by atoms with Gasteiger partial charge in [-0.2, -0.15) is 5.10 Å². The number of anilines is 2. The Bertz CT molecular complexity index is 1650. The van der Waals surface area contributed by atoms with Crippen molar-refractivity contribution < 1.29 is 17.2 Å². The number of rotatable bonds is 6. The van der Waals surface area contributed by atoms with E-state index in [0.717, 1.165) is 48.9 Å². The second-order valence-electron chi connectivity index (χ2n) is 10.2. The fourth-order valence-corrected chi connectivity index (χ4v) is 6.32. The third-order valence-corrected chi connectivity index (χ3v) is 8.80. The van der Waals surface area contributed by atoms with E-state index in [1.807, 2.05) is 13.8 Å². The van der Waals surface area contributed by atoms with Crippen molar-refractivity contribution in [2.24, 2.45) is 5.73 Å². The minimum Gasteiger partial charge on any atom is -0.383 e. The quantitative estimate of drug-likeness (QED) is 0.260. The van der Waals surface area contributed by atoms with Gasteiger partial charge in [0, 0.05) is 34.9 Å². The van der Waals surface area contributed by atoms with Crippen molar-refractivity contribution in [2.75, 3.05) is 10.5 Å². The van der Waals surface area contributed by atoms with Crippen molar-refractivity contribution in [2.45, 2.75) is 62.4 Å². The van der Waals surface area contributed by atoms with E-state index in [1.165, 1.54) is 24.3 Å². The zero-order valence-electron chi connectivity index (χ0n) is 21.5. The van der Waals surface area contributed by atoms with Crippen LogP contribution >= 0.6 is 11.6 Å². The molecule has 0 bridgehead atoms. The second-order valence-corrected chi connectivity index (χ2v) is 12.3. The van der Waals surface area contributed by atoms with Crippen LogP contribution in [0.25, 0.3) is 22.2 Å². The number of halogens is 3. The highest BCUT2D eigenvalue weighted by molar-refractivity contribution is 7.92. The molecule has 2 aromatic carbocycles. The normalized spacial score (nSPS) is 18.1. The Morgan fingerprint density at radius 3 is 2.38 bits per heavy atom. The highest BCUT2D eigenvalue weighted by Gasteiger charge is 2.29. The smallest absolute Gasteiger partial charge is 0.261 e. The maximum absolute atomic E-state index is 15.6. The first-order valence-corrected chi connectivity index (χ1v) is 14.5. The molecule has 4 aromatic rings. The molecule has 0 radical (unpaired) electrons. The summed E-state index contributed by atoms with van der Waals surface area (Å²) in [5.41, 5.74) is 13.6. The Hall–Kier alpha value is -3.28. The first kappa shape index (κ1) is 27.3. The summed E-state index contributed by atoms with van der Waals surface area (Å²) in [5, 5.41) is 5.44. The number of fused-ring (bicyclic) bond motifs is 1. The van der Waals surface area contributed by atoms with Crippen LogP contribution in [0.5, 0.6) is 0 Å². The molecule has 0 amide bonds. The van der Waals surface area contributed by atoms with E-state index in [9.17, 15) is 8.42 Å². The van der Waals surface area contributed by atoms with E-state index in [4.69, 9.17) is 23.1 Å². The lowest BCUT2D eigenvalue weighted by Gasteiger charge is -2.27. The van der Waals surface area contributed by atoms with Crippen molar-refractivity contribution in [3.8, 4) is 11.3 Å². The van der Waals surface area contributed by atoms with E-state index in [0.29, 0.717) is 10.4 Å². The number of hydrogen-bond acceptors (Lipinski definition) is 6. The molecule has 5 rings (SSSR count). The van der Waals surface area contributed by atoms with Crippen molar-refractivity contribution in [1.29, 1.82) is 0 Å². The first-order chi connectivity index (χ1) is 18.5. The SMILES string of the molecule is CC(C)n1nc(-c2cc(F)c(NS(=O)(=O)c3ccc(Cl)cc3)cc2F)c2c(N)ncc(C3CCC(N)CC3)c21. The molecule has 0 spiro atoms. The minimum atomic E-state index is -4.19. The lowest BCUT2D eigenvalue weighted by molar-refractivity contribution is 0.395. The molecule has 1 aliphatic rings. The van der Waals surface area contributed by atoms with E-state index >= 15 is 8.78 Å². The Balaban J connectivity index is 1.60. The molecular formula is C27H29ClF2N6O2S. The number of sulfonamides is 1. The Kier molecular flexibility index (Phi) is 7.25. The largest absolute Gasteiger partial charge is 0.383 e. The lowest BCUT2D eigenvalue weighted by Crippen LogP contribution is -2.26. The summed E-state index contributed by atoms with van der Waals surface area (Å²) >= 11 is 5.83. The van der Waals surface area contributed by atoms with Crippen molar-refractivity contribution >= 4 is 44.0 Å². The molecule has 1 saturated carbocycles. The van der Waals surface area contributed by atoms with E-state index in [1.54, 1.807) is 10.9 Å². The molecule has 12 heteroatoms. The van der Waals surface area contributed by atoms with E-state index in [2.05, 4.69) is 14.8 Å². The van der Waals surface area contributed by atoms with Gasteiger partial charge in [-0.05, 0) is 81.3 Å². The maximum atomic E-state index is 15.6. The molecule has 1 fully saturated rings. The predicted molar refractivity (Wildman–Crippen MR) is 149 cm³/mol. The van der Waals surface area contributed by atoms with Crippen LogP contribution in [0.1, 0.15) is 57.1 Å². The molecule has 0 unspecified atom stereocenters. The number of aromatic nitrogens is 3. The summed E-state index contributed by atoms with van der Waals surface area (Å²) in [5.74, 6) is -1.50. The summed E-state index contributed by atoms with van der Waals surface area (Å²) in [6, 6.07) is 7.10. The van der Waals surface area contributed by atoms with Gasteiger partial charge < -0.3 is 11.5 Å². The molecule has 0 saturated heterocycles. The van der Waals surface area contributed by atoms with Gasteiger partial charge in [-0.25, -0.2) is 22.2 Å². The fourth-order valence-electron chi connectivity index (χ4n) is 5.13. The molecule has 0 aliphatic heterocycles. The van der Waals surface area contributed by atoms with E-state index < -0.39 is 27.3 Å². The molecule has 1 aliphatic carbocycles. The van der Waals surface area contributed by atoms with Gasteiger partial charge in [-0.1, -0.05) is 11.6 Å². The number of nitrogen functional groups attached to an aromatic ring is 1. The molecule has 2 heterocycles. The van der Waals surface area contributed by atoms with Crippen LogP contribution in [0.3, 0.4) is 0 Å². The van der Waals surface area contributed by atoms with Crippen LogP contribution in [-0.2, 0) is 10.0 Å². The first-order valence-electron chi connectivity index (χ1n) is 12.7. The minimum absolute atomic E-state index is 0.106.